The summed E-state index contributed by atoms with van der Waals surface area (Å²) >= 11 is 1.54. The molecule has 0 saturated heterocycles. The number of esters is 1. The molecule has 0 aliphatic heterocycles. The van der Waals surface area contributed by atoms with E-state index in [2.05, 4.69) is 5.32 Å². The molecule has 0 saturated carbocycles. The first-order chi connectivity index (χ1) is 14.2. The zero-order chi connectivity index (χ0) is 20.5. The average molecular weight is 406 g/mol. The van der Waals surface area contributed by atoms with Crippen LogP contribution in [0.2, 0.25) is 0 Å². The maximum atomic E-state index is 12.3. The van der Waals surface area contributed by atoms with Gasteiger partial charge in [-0.15, -0.1) is 11.3 Å². The van der Waals surface area contributed by atoms with Gasteiger partial charge in [-0.1, -0.05) is 36.4 Å². The Morgan fingerprint density at radius 1 is 1.00 bits per heavy atom. The molecule has 0 fully saturated rings. The highest BCUT2D eigenvalue weighted by Crippen LogP contribution is 2.25. The highest BCUT2D eigenvalue weighted by Gasteiger charge is 2.18. The van der Waals surface area contributed by atoms with Crippen molar-refractivity contribution in [2.24, 2.45) is 0 Å². The fourth-order valence-electron chi connectivity index (χ4n) is 2.58. The lowest BCUT2D eigenvalue weighted by molar-refractivity contribution is -0.150. The van der Waals surface area contributed by atoms with Gasteiger partial charge in [-0.25, -0.2) is 4.79 Å². The highest BCUT2D eigenvalue weighted by atomic mass is 32.1. The minimum Gasteiger partial charge on any atom is -0.482 e. The number of hydrogen-bond donors (Lipinski definition) is 1. The molecule has 6 nitrogen and oxygen atoms in total. The van der Waals surface area contributed by atoms with Crippen molar-refractivity contribution in [1.82, 2.24) is 5.32 Å². The van der Waals surface area contributed by atoms with Crippen molar-refractivity contribution in [1.29, 1.82) is 5.26 Å². The maximum absolute atomic E-state index is 12.3. The molecule has 0 spiro atoms. The summed E-state index contributed by atoms with van der Waals surface area (Å²) in [4.78, 5) is 25.2. The molecule has 1 N–H and O–H groups in total. The summed E-state index contributed by atoms with van der Waals surface area (Å²) in [7, 11) is 0. The molecule has 1 amide bonds. The topological polar surface area (TPSA) is 88.4 Å². The lowest BCUT2D eigenvalue weighted by Gasteiger charge is -2.18. The monoisotopic (exact) mass is 406 g/mol. The second-order valence-corrected chi connectivity index (χ2v) is 6.99. The van der Waals surface area contributed by atoms with Gasteiger partial charge in [0.25, 0.3) is 5.91 Å². The standard InChI is InChI=1S/C22H18N2O4S/c23-13-16-8-10-18(11-9-16)27-15-21(26)28-14-20(25)24-22(19-7-4-12-29-19)17-5-2-1-3-6-17/h1-12,22H,14-15H2,(H,24,25)/t22-/m1/s1. The van der Waals surface area contributed by atoms with E-state index in [0.29, 0.717) is 11.3 Å². The summed E-state index contributed by atoms with van der Waals surface area (Å²) in [5, 5.41) is 13.6. The summed E-state index contributed by atoms with van der Waals surface area (Å²) in [5.74, 6) is -0.622. The molecule has 0 bridgehead atoms. The predicted molar refractivity (Wildman–Crippen MR) is 108 cm³/mol. The molecular formula is C22H18N2O4S. The predicted octanol–water partition coefficient (Wildman–Crippen LogP) is 3.45. The number of carbonyl (C=O) groups is 2. The number of benzene rings is 2. The molecular weight excluding hydrogens is 388 g/mol. The largest absolute Gasteiger partial charge is 0.482 e. The molecule has 1 aromatic heterocycles. The van der Waals surface area contributed by atoms with Crippen LogP contribution in [-0.4, -0.2) is 25.1 Å². The zero-order valence-corrected chi connectivity index (χ0v) is 16.2. The molecule has 146 valence electrons. The first-order valence-electron chi connectivity index (χ1n) is 8.82. The van der Waals surface area contributed by atoms with E-state index in [1.807, 2.05) is 53.9 Å². The fraction of sp³-hybridized carbons (Fsp3) is 0.136. The number of hydrogen-bond acceptors (Lipinski definition) is 6. The van der Waals surface area contributed by atoms with Crippen LogP contribution >= 0.6 is 11.3 Å². The van der Waals surface area contributed by atoms with E-state index in [-0.39, 0.29) is 12.6 Å². The maximum Gasteiger partial charge on any atom is 0.344 e. The molecule has 0 radical (unpaired) electrons. The second kappa shape index (κ2) is 10.1. The van der Waals surface area contributed by atoms with Crippen molar-refractivity contribution < 1.29 is 19.1 Å². The number of rotatable bonds is 8. The van der Waals surface area contributed by atoms with Crippen molar-refractivity contribution >= 4 is 23.2 Å². The Labute approximate surface area is 172 Å². The van der Waals surface area contributed by atoms with Crippen molar-refractivity contribution in [3.63, 3.8) is 0 Å². The number of nitrogens with one attached hydrogen (secondary N) is 1. The van der Waals surface area contributed by atoms with Crippen LogP contribution in [0.4, 0.5) is 0 Å². The number of ether oxygens (including phenoxy) is 2. The van der Waals surface area contributed by atoms with Gasteiger partial charge in [-0.2, -0.15) is 5.26 Å². The van der Waals surface area contributed by atoms with Crippen LogP contribution in [0.1, 0.15) is 22.0 Å². The molecule has 1 atom stereocenters. The summed E-state index contributed by atoms with van der Waals surface area (Å²) in [6, 6.07) is 21.5. The highest BCUT2D eigenvalue weighted by molar-refractivity contribution is 7.10. The van der Waals surface area contributed by atoms with Crippen LogP contribution in [0, 0.1) is 11.3 Å². The van der Waals surface area contributed by atoms with Gasteiger partial charge in [0.2, 0.25) is 0 Å². The molecule has 3 rings (SSSR count). The molecule has 29 heavy (non-hydrogen) atoms. The first kappa shape index (κ1) is 20.1. The minimum absolute atomic E-state index is 0.308. The van der Waals surface area contributed by atoms with Gasteiger partial charge in [-0.05, 0) is 41.3 Å². The van der Waals surface area contributed by atoms with Gasteiger partial charge < -0.3 is 14.8 Å². The molecule has 1 heterocycles. The second-order valence-electron chi connectivity index (χ2n) is 6.01. The van der Waals surface area contributed by atoms with Crippen LogP contribution in [0.5, 0.6) is 5.75 Å². The molecule has 0 aliphatic rings. The first-order valence-corrected chi connectivity index (χ1v) is 9.70. The van der Waals surface area contributed by atoms with E-state index in [1.165, 1.54) is 11.3 Å². The van der Waals surface area contributed by atoms with E-state index in [1.54, 1.807) is 24.3 Å². The Bertz CT molecular complexity index is 980. The Balaban J connectivity index is 1.50. The van der Waals surface area contributed by atoms with Gasteiger partial charge in [0.1, 0.15) is 5.75 Å². The van der Waals surface area contributed by atoms with E-state index in [9.17, 15) is 9.59 Å². The third-order valence-corrected chi connectivity index (χ3v) is 4.91. The number of nitrogens with zero attached hydrogens (tertiary/aromatic N) is 1. The van der Waals surface area contributed by atoms with Crippen molar-refractivity contribution in [2.45, 2.75) is 6.04 Å². The summed E-state index contributed by atoms with van der Waals surface area (Å²) < 4.78 is 10.3. The lowest BCUT2D eigenvalue weighted by atomic mass is 10.1. The van der Waals surface area contributed by atoms with Gasteiger partial charge in [0.05, 0.1) is 17.7 Å². The zero-order valence-electron chi connectivity index (χ0n) is 15.4. The van der Waals surface area contributed by atoms with Crippen LogP contribution in [0.15, 0.2) is 72.1 Å². The quantitative estimate of drug-likeness (QED) is 0.579. The Hall–Kier alpha value is -3.63. The molecule has 0 unspecified atom stereocenters. The summed E-state index contributed by atoms with van der Waals surface area (Å²) in [6.45, 7) is -0.726. The Morgan fingerprint density at radius 2 is 1.76 bits per heavy atom. The fourth-order valence-corrected chi connectivity index (χ4v) is 3.38. The van der Waals surface area contributed by atoms with Gasteiger partial charge in [0, 0.05) is 4.88 Å². The van der Waals surface area contributed by atoms with Crippen molar-refractivity contribution in [3.8, 4) is 11.8 Å². The van der Waals surface area contributed by atoms with Gasteiger partial charge in [0.15, 0.2) is 13.2 Å². The number of nitriles is 1. The number of carbonyl (C=O) groups excluding carboxylic acids is 2. The SMILES string of the molecule is N#Cc1ccc(OCC(=O)OCC(=O)N[C@H](c2ccccc2)c2cccs2)cc1. The third kappa shape index (κ3) is 5.92. The molecule has 3 aromatic rings. The van der Waals surface area contributed by atoms with Crippen molar-refractivity contribution in [3.05, 3.63) is 88.1 Å². The van der Waals surface area contributed by atoms with Gasteiger partial charge in [-0.3, -0.25) is 4.79 Å². The van der Waals surface area contributed by atoms with Gasteiger partial charge >= 0.3 is 5.97 Å². The Kier molecular flexibility index (Phi) is 6.98. The van der Waals surface area contributed by atoms with Crippen LogP contribution < -0.4 is 10.1 Å². The van der Waals surface area contributed by atoms with E-state index in [4.69, 9.17) is 14.7 Å². The van der Waals surface area contributed by atoms with E-state index in [0.717, 1.165) is 10.4 Å². The third-order valence-electron chi connectivity index (χ3n) is 3.97. The molecule has 2 aromatic carbocycles. The lowest BCUT2D eigenvalue weighted by Crippen LogP contribution is -2.33. The summed E-state index contributed by atoms with van der Waals surface area (Å²) in [5.41, 5.74) is 1.44. The number of thiophene rings is 1. The molecule has 0 aliphatic carbocycles. The van der Waals surface area contributed by atoms with Crippen molar-refractivity contribution in [2.75, 3.05) is 13.2 Å². The van der Waals surface area contributed by atoms with E-state index >= 15 is 0 Å². The smallest absolute Gasteiger partial charge is 0.344 e. The molecule has 7 heteroatoms. The number of amides is 1. The minimum atomic E-state index is -0.656. The average Bonchev–Trinajstić information content (AvgIpc) is 3.30. The normalized spacial score (nSPS) is 11.1. The summed E-state index contributed by atoms with van der Waals surface area (Å²) in [6.07, 6.45) is 0. The van der Waals surface area contributed by atoms with Crippen LogP contribution in [0.3, 0.4) is 0 Å². The van der Waals surface area contributed by atoms with Crippen LogP contribution in [-0.2, 0) is 14.3 Å². The van der Waals surface area contributed by atoms with Crippen LogP contribution in [0.25, 0.3) is 0 Å². The Morgan fingerprint density at radius 3 is 2.41 bits per heavy atom. The van der Waals surface area contributed by atoms with E-state index < -0.39 is 18.5 Å².